The summed E-state index contributed by atoms with van der Waals surface area (Å²) in [6.07, 6.45) is 6.27. The van der Waals surface area contributed by atoms with E-state index in [0.29, 0.717) is 5.70 Å². The SMILES string of the molecule is N#CC1=C(N)C2=CCCCC[C@@H]2[C@H](c2ccccc2)C1=O. The minimum Gasteiger partial charge on any atom is -0.397 e. The molecule has 106 valence electrons. The number of carbonyl (C=O) groups excluding carboxylic acids is 1. The van der Waals surface area contributed by atoms with E-state index in [1.54, 1.807) is 0 Å². The van der Waals surface area contributed by atoms with Crippen LogP contribution in [0.25, 0.3) is 0 Å². The van der Waals surface area contributed by atoms with Crippen LogP contribution in [-0.2, 0) is 4.79 Å². The molecule has 0 heterocycles. The standard InChI is InChI=1S/C18H18N2O/c19-11-15-17(20)14-10-6-2-5-9-13(14)16(18(15)21)12-7-3-1-4-8-12/h1,3-4,7-8,10,13,16H,2,5-6,9,20H2/t13-,16-/m0/s1. The highest BCUT2D eigenvalue weighted by Gasteiger charge is 2.40. The second kappa shape index (κ2) is 5.57. The summed E-state index contributed by atoms with van der Waals surface area (Å²) in [6.45, 7) is 0. The number of hydrogen-bond acceptors (Lipinski definition) is 3. The van der Waals surface area contributed by atoms with Crippen LogP contribution in [0.2, 0.25) is 0 Å². The summed E-state index contributed by atoms with van der Waals surface area (Å²) >= 11 is 0. The molecule has 2 N–H and O–H groups in total. The Hall–Kier alpha value is -2.34. The van der Waals surface area contributed by atoms with Crippen LogP contribution in [0, 0.1) is 17.2 Å². The van der Waals surface area contributed by atoms with Crippen molar-refractivity contribution in [3.63, 3.8) is 0 Å². The quantitative estimate of drug-likeness (QED) is 0.857. The van der Waals surface area contributed by atoms with Crippen molar-refractivity contribution in [1.29, 1.82) is 5.26 Å². The first-order valence-electron chi connectivity index (χ1n) is 7.43. The summed E-state index contributed by atoms with van der Waals surface area (Å²) < 4.78 is 0. The van der Waals surface area contributed by atoms with Crippen LogP contribution in [0.1, 0.15) is 37.2 Å². The number of rotatable bonds is 1. The van der Waals surface area contributed by atoms with Crippen LogP contribution in [0.5, 0.6) is 0 Å². The Morgan fingerprint density at radius 1 is 1.19 bits per heavy atom. The summed E-state index contributed by atoms with van der Waals surface area (Å²) in [7, 11) is 0. The number of nitrogens with zero attached hydrogens (tertiary/aromatic N) is 1. The van der Waals surface area contributed by atoms with Gasteiger partial charge in [0.25, 0.3) is 0 Å². The zero-order valence-electron chi connectivity index (χ0n) is 11.9. The van der Waals surface area contributed by atoms with Crippen LogP contribution in [0.4, 0.5) is 0 Å². The lowest BCUT2D eigenvalue weighted by atomic mass is 9.70. The molecule has 0 spiro atoms. The molecule has 2 aliphatic carbocycles. The molecule has 21 heavy (non-hydrogen) atoms. The molecule has 3 rings (SSSR count). The van der Waals surface area contributed by atoms with Gasteiger partial charge >= 0.3 is 0 Å². The van der Waals surface area contributed by atoms with Crippen molar-refractivity contribution in [3.05, 3.63) is 58.8 Å². The first-order chi connectivity index (χ1) is 10.2. The van der Waals surface area contributed by atoms with Gasteiger partial charge in [-0.1, -0.05) is 42.8 Å². The van der Waals surface area contributed by atoms with E-state index >= 15 is 0 Å². The first-order valence-corrected chi connectivity index (χ1v) is 7.43. The second-order valence-electron chi connectivity index (χ2n) is 5.70. The molecule has 2 atom stereocenters. The Morgan fingerprint density at radius 2 is 1.95 bits per heavy atom. The number of nitrogens with two attached hydrogens (primary N) is 1. The smallest absolute Gasteiger partial charge is 0.183 e. The number of hydrogen-bond donors (Lipinski definition) is 1. The zero-order valence-corrected chi connectivity index (χ0v) is 11.9. The minimum atomic E-state index is -0.266. The van der Waals surface area contributed by atoms with Crippen molar-refractivity contribution in [1.82, 2.24) is 0 Å². The maximum Gasteiger partial charge on any atom is 0.183 e. The molecule has 0 bridgehead atoms. The van der Waals surface area contributed by atoms with Crippen molar-refractivity contribution in [3.8, 4) is 6.07 Å². The van der Waals surface area contributed by atoms with Crippen molar-refractivity contribution in [2.75, 3.05) is 0 Å². The van der Waals surface area contributed by atoms with Crippen molar-refractivity contribution < 1.29 is 4.79 Å². The van der Waals surface area contributed by atoms with E-state index < -0.39 is 0 Å². The fourth-order valence-electron chi connectivity index (χ4n) is 3.50. The minimum absolute atomic E-state index is 0.111. The van der Waals surface area contributed by atoms with E-state index in [4.69, 9.17) is 5.73 Å². The van der Waals surface area contributed by atoms with Crippen LogP contribution in [-0.4, -0.2) is 5.78 Å². The molecule has 0 amide bonds. The summed E-state index contributed by atoms with van der Waals surface area (Å²) in [5, 5.41) is 9.32. The molecule has 2 aliphatic rings. The number of fused-ring (bicyclic) bond motifs is 1. The first kappa shape index (κ1) is 13.6. The van der Waals surface area contributed by atoms with Crippen LogP contribution in [0.15, 0.2) is 53.3 Å². The van der Waals surface area contributed by atoms with Crippen molar-refractivity contribution >= 4 is 5.78 Å². The molecule has 1 aromatic carbocycles. The number of carbonyl (C=O) groups is 1. The lowest BCUT2D eigenvalue weighted by Crippen LogP contribution is -2.33. The monoisotopic (exact) mass is 278 g/mol. The van der Waals surface area contributed by atoms with Gasteiger partial charge in [-0.2, -0.15) is 5.26 Å². The lowest BCUT2D eigenvalue weighted by molar-refractivity contribution is -0.117. The zero-order chi connectivity index (χ0) is 14.8. The van der Waals surface area contributed by atoms with Gasteiger partial charge in [0.1, 0.15) is 11.6 Å². The third-order valence-electron chi connectivity index (χ3n) is 4.52. The Morgan fingerprint density at radius 3 is 2.67 bits per heavy atom. The molecule has 0 saturated carbocycles. The molecule has 0 aromatic heterocycles. The molecule has 3 heteroatoms. The normalized spacial score (nSPS) is 25.7. The molecule has 0 aliphatic heterocycles. The Balaban J connectivity index is 2.16. The molecular formula is C18H18N2O. The maximum atomic E-state index is 12.7. The number of Topliss-reactive ketones (excluding diaryl/α,β-unsaturated/α-hetero) is 1. The molecule has 0 unspecified atom stereocenters. The predicted octanol–water partition coefficient (Wildman–Crippen LogP) is 3.21. The van der Waals surface area contributed by atoms with E-state index in [-0.39, 0.29) is 23.2 Å². The number of ketones is 1. The topological polar surface area (TPSA) is 66.9 Å². The van der Waals surface area contributed by atoms with E-state index in [1.165, 1.54) is 0 Å². The van der Waals surface area contributed by atoms with E-state index in [0.717, 1.165) is 36.8 Å². The van der Waals surface area contributed by atoms with Crippen LogP contribution < -0.4 is 5.73 Å². The molecule has 0 saturated heterocycles. The van der Waals surface area contributed by atoms with Gasteiger partial charge in [-0.25, -0.2) is 0 Å². The van der Waals surface area contributed by atoms with Gasteiger partial charge in [0, 0.05) is 0 Å². The molecule has 3 nitrogen and oxygen atoms in total. The number of allylic oxidation sites excluding steroid dienone is 3. The Bertz CT molecular complexity index is 664. The van der Waals surface area contributed by atoms with E-state index in [2.05, 4.69) is 6.08 Å². The van der Waals surface area contributed by atoms with E-state index in [9.17, 15) is 10.1 Å². The van der Waals surface area contributed by atoms with Crippen molar-refractivity contribution in [2.24, 2.45) is 11.7 Å². The summed E-state index contributed by atoms with van der Waals surface area (Å²) in [6, 6.07) is 11.8. The molecule has 1 aromatic rings. The fourth-order valence-corrected chi connectivity index (χ4v) is 3.50. The van der Waals surface area contributed by atoms with Gasteiger partial charge < -0.3 is 5.73 Å². The Labute approximate surface area is 124 Å². The highest BCUT2D eigenvalue weighted by atomic mass is 16.1. The summed E-state index contributed by atoms with van der Waals surface area (Å²) in [5.41, 5.74) is 8.65. The third-order valence-corrected chi connectivity index (χ3v) is 4.52. The fraction of sp³-hybridized carbons (Fsp3) is 0.333. The predicted molar refractivity (Wildman–Crippen MR) is 81.1 cm³/mol. The molecular weight excluding hydrogens is 260 g/mol. The number of nitriles is 1. The number of benzene rings is 1. The summed E-state index contributed by atoms with van der Waals surface area (Å²) in [5.74, 6) is -0.276. The average molecular weight is 278 g/mol. The highest BCUT2D eigenvalue weighted by Crippen LogP contribution is 2.44. The largest absolute Gasteiger partial charge is 0.397 e. The lowest BCUT2D eigenvalue weighted by Gasteiger charge is -2.32. The Kier molecular flexibility index (Phi) is 3.62. The van der Waals surface area contributed by atoms with Gasteiger partial charge in [-0.15, -0.1) is 0 Å². The maximum absolute atomic E-state index is 12.7. The van der Waals surface area contributed by atoms with Gasteiger partial charge in [0.2, 0.25) is 0 Å². The van der Waals surface area contributed by atoms with Gasteiger partial charge in [-0.05, 0) is 36.3 Å². The second-order valence-corrected chi connectivity index (χ2v) is 5.70. The van der Waals surface area contributed by atoms with Crippen LogP contribution in [0.3, 0.4) is 0 Å². The molecule has 0 radical (unpaired) electrons. The van der Waals surface area contributed by atoms with Crippen molar-refractivity contribution in [2.45, 2.75) is 31.6 Å². The highest BCUT2D eigenvalue weighted by molar-refractivity contribution is 6.06. The van der Waals surface area contributed by atoms with Crippen LogP contribution >= 0.6 is 0 Å². The van der Waals surface area contributed by atoms with Gasteiger partial charge in [-0.3, -0.25) is 4.79 Å². The van der Waals surface area contributed by atoms with Gasteiger partial charge in [0.15, 0.2) is 5.78 Å². The molecule has 0 fully saturated rings. The average Bonchev–Trinajstić information content (AvgIpc) is 2.75. The van der Waals surface area contributed by atoms with E-state index in [1.807, 2.05) is 36.4 Å². The summed E-state index contributed by atoms with van der Waals surface area (Å²) in [4.78, 5) is 12.7. The third kappa shape index (κ3) is 2.27. The van der Waals surface area contributed by atoms with Gasteiger partial charge in [0.05, 0.1) is 11.6 Å².